The number of amides is 1. The summed E-state index contributed by atoms with van der Waals surface area (Å²) in [5.41, 5.74) is 0.591. The van der Waals surface area contributed by atoms with E-state index in [1.54, 1.807) is 25.1 Å². The van der Waals surface area contributed by atoms with Gasteiger partial charge in [-0.1, -0.05) is 0 Å². The highest BCUT2D eigenvalue weighted by Gasteiger charge is 2.17. The summed E-state index contributed by atoms with van der Waals surface area (Å²) in [5, 5.41) is 2.75. The van der Waals surface area contributed by atoms with Gasteiger partial charge in [-0.25, -0.2) is 4.39 Å². The van der Waals surface area contributed by atoms with Gasteiger partial charge in [0, 0.05) is 11.8 Å². The number of hydrogen-bond donors (Lipinski definition) is 1. The van der Waals surface area contributed by atoms with Crippen LogP contribution in [0.2, 0.25) is 0 Å². The van der Waals surface area contributed by atoms with E-state index in [-0.39, 0.29) is 11.7 Å². The molecule has 1 aliphatic rings. The summed E-state index contributed by atoms with van der Waals surface area (Å²) in [6.07, 6.45) is -0.728. The van der Waals surface area contributed by atoms with Crippen LogP contribution in [-0.2, 0) is 4.79 Å². The van der Waals surface area contributed by atoms with Crippen molar-refractivity contribution in [1.82, 2.24) is 0 Å². The molecule has 3 rings (SSSR count). The third-order valence-corrected chi connectivity index (χ3v) is 3.31. The minimum Gasteiger partial charge on any atom is -0.486 e. The van der Waals surface area contributed by atoms with Crippen molar-refractivity contribution in [2.75, 3.05) is 18.5 Å². The Morgan fingerprint density at radius 2 is 1.83 bits per heavy atom. The molecule has 2 aromatic rings. The molecule has 0 spiro atoms. The van der Waals surface area contributed by atoms with Crippen LogP contribution in [0.1, 0.15) is 6.92 Å². The van der Waals surface area contributed by atoms with E-state index in [2.05, 4.69) is 5.32 Å². The van der Waals surface area contributed by atoms with Gasteiger partial charge in [0.2, 0.25) is 0 Å². The lowest BCUT2D eigenvalue weighted by Crippen LogP contribution is -2.30. The first-order chi connectivity index (χ1) is 11.1. The SMILES string of the molecule is C[C@H](Oc1ccc(F)cc1)C(=O)Nc1ccc2c(c1)OCCO2. The average Bonchev–Trinajstić information content (AvgIpc) is 2.56. The molecular weight excluding hydrogens is 301 g/mol. The number of anilines is 1. The molecule has 0 radical (unpaired) electrons. The van der Waals surface area contributed by atoms with Gasteiger partial charge in [0.05, 0.1) is 0 Å². The Labute approximate surface area is 133 Å². The standard InChI is InChI=1S/C17H16FNO4/c1-11(23-14-5-2-12(18)3-6-14)17(20)19-13-4-7-15-16(10-13)22-9-8-21-15/h2-7,10-11H,8-9H2,1H3,(H,19,20)/t11-/m0/s1. The van der Waals surface area contributed by atoms with Gasteiger partial charge >= 0.3 is 0 Å². The highest BCUT2D eigenvalue weighted by Crippen LogP contribution is 2.32. The molecule has 1 amide bonds. The van der Waals surface area contributed by atoms with Crippen molar-refractivity contribution in [3.63, 3.8) is 0 Å². The number of benzene rings is 2. The van der Waals surface area contributed by atoms with E-state index in [4.69, 9.17) is 14.2 Å². The quantitative estimate of drug-likeness (QED) is 0.942. The number of carbonyl (C=O) groups excluding carboxylic acids is 1. The highest BCUT2D eigenvalue weighted by atomic mass is 19.1. The van der Waals surface area contributed by atoms with Gasteiger partial charge in [0.15, 0.2) is 17.6 Å². The third kappa shape index (κ3) is 3.71. The predicted octanol–water partition coefficient (Wildman–Crippen LogP) is 3.00. The molecule has 5 nitrogen and oxygen atoms in total. The van der Waals surface area contributed by atoms with Crippen molar-refractivity contribution in [3.8, 4) is 17.2 Å². The van der Waals surface area contributed by atoms with Crippen LogP contribution in [0.5, 0.6) is 17.2 Å². The fraction of sp³-hybridized carbons (Fsp3) is 0.235. The van der Waals surface area contributed by atoms with Crippen molar-refractivity contribution < 1.29 is 23.4 Å². The second kappa shape index (κ2) is 6.56. The second-order valence-corrected chi connectivity index (χ2v) is 5.06. The first kappa shape index (κ1) is 15.1. The molecule has 6 heteroatoms. The molecule has 0 bridgehead atoms. The molecule has 23 heavy (non-hydrogen) atoms. The fourth-order valence-electron chi connectivity index (χ4n) is 2.14. The lowest BCUT2D eigenvalue weighted by atomic mass is 10.2. The maximum absolute atomic E-state index is 12.9. The minimum absolute atomic E-state index is 0.314. The second-order valence-electron chi connectivity index (χ2n) is 5.06. The van der Waals surface area contributed by atoms with E-state index in [0.29, 0.717) is 36.1 Å². The van der Waals surface area contributed by atoms with Gasteiger partial charge < -0.3 is 19.5 Å². The average molecular weight is 317 g/mol. The number of rotatable bonds is 4. The van der Waals surface area contributed by atoms with Crippen LogP contribution in [0.3, 0.4) is 0 Å². The molecule has 0 saturated heterocycles. The van der Waals surface area contributed by atoms with E-state index in [9.17, 15) is 9.18 Å². The number of nitrogens with one attached hydrogen (secondary N) is 1. The molecule has 1 N–H and O–H groups in total. The Hall–Kier alpha value is -2.76. The molecule has 0 aliphatic carbocycles. The Balaban J connectivity index is 1.63. The predicted molar refractivity (Wildman–Crippen MR) is 82.6 cm³/mol. The lowest BCUT2D eigenvalue weighted by Gasteiger charge is -2.19. The van der Waals surface area contributed by atoms with Crippen LogP contribution < -0.4 is 19.5 Å². The fourth-order valence-corrected chi connectivity index (χ4v) is 2.14. The van der Waals surface area contributed by atoms with Crippen molar-refractivity contribution in [2.24, 2.45) is 0 Å². The van der Waals surface area contributed by atoms with Crippen molar-refractivity contribution in [2.45, 2.75) is 13.0 Å². The molecule has 1 atom stereocenters. The van der Waals surface area contributed by atoms with E-state index < -0.39 is 6.10 Å². The molecule has 0 fully saturated rings. The first-order valence-electron chi connectivity index (χ1n) is 7.24. The molecule has 0 unspecified atom stereocenters. The van der Waals surface area contributed by atoms with Crippen LogP contribution in [-0.4, -0.2) is 25.2 Å². The Kier molecular flexibility index (Phi) is 4.32. The van der Waals surface area contributed by atoms with Gasteiger partial charge in [-0.15, -0.1) is 0 Å². The van der Waals surface area contributed by atoms with Gasteiger partial charge in [0.25, 0.3) is 5.91 Å². The lowest BCUT2D eigenvalue weighted by molar-refractivity contribution is -0.122. The summed E-state index contributed by atoms with van der Waals surface area (Å²) < 4.78 is 29.2. The minimum atomic E-state index is -0.728. The van der Waals surface area contributed by atoms with Gasteiger partial charge in [-0.05, 0) is 43.3 Å². The summed E-state index contributed by atoms with van der Waals surface area (Å²) in [7, 11) is 0. The number of fused-ring (bicyclic) bond motifs is 1. The van der Waals surface area contributed by atoms with Crippen molar-refractivity contribution in [1.29, 1.82) is 0 Å². The maximum atomic E-state index is 12.9. The normalized spacial score (nSPS) is 14.0. The molecule has 2 aromatic carbocycles. The van der Waals surface area contributed by atoms with Crippen LogP contribution in [0.4, 0.5) is 10.1 Å². The number of halogens is 1. The maximum Gasteiger partial charge on any atom is 0.265 e. The van der Waals surface area contributed by atoms with E-state index >= 15 is 0 Å². The molecule has 0 aromatic heterocycles. The Morgan fingerprint density at radius 3 is 2.57 bits per heavy atom. The highest BCUT2D eigenvalue weighted by molar-refractivity contribution is 5.94. The summed E-state index contributed by atoms with van der Waals surface area (Å²) in [4.78, 5) is 12.2. The van der Waals surface area contributed by atoms with Crippen molar-refractivity contribution >= 4 is 11.6 Å². The zero-order chi connectivity index (χ0) is 16.2. The smallest absolute Gasteiger partial charge is 0.265 e. The van der Waals surface area contributed by atoms with Crippen LogP contribution in [0.15, 0.2) is 42.5 Å². The van der Waals surface area contributed by atoms with Gasteiger partial charge in [0.1, 0.15) is 24.8 Å². The van der Waals surface area contributed by atoms with Crippen LogP contribution >= 0.6 is 0 Å². The number of hydrogen-bond acceptors (Lipinski definition) is 4. The van der Waals surface area contributed by atoms with E-state index in [1.165, 1.54) is 24.3 Å². The Bertz CT molecular complexity index is 702. The van der Waals surface area contributed by atoms with Crippen LogP contribution in [0.25, 0.3) is 0 Å². The molecule has 120 valence electrons. The third-order valence-electron chi connectivity index (χ3n) is 3.31. The zero-order valence-electron chi connectivity index (χ0n) is 12.5. The molecule has 0 saturated carbocycles. The van der Waals surface area contributed by atoms with E-state index in [0.717, 1.165) is 0 Å². The molecule has 1 heterocycles. The molecular formula is C17H16FNO4. The van der Waals surface area contributed by atoms with Gasteiger partial charge in [-0.2, -0.15) is 0 Å². The largest absolute Gasteiger partial charge is 0.486 e. The van der Waals surface area contributed by atoms with Crippen molar-refractivity contribution in [3.05, 3.63) is 48.3 Å². The zero-order valence-corrected chi connectivity index (χ0v) is 12.5. The Morgan fingerprint density at radius 1 is 1.13 bits per heavy atom. The van der Waals surface area contributed by atoms with Crippen LogP contribution in [0, 0.1) is 5.82 Å². The summed E-state index contributed by atoms with van der Waals surface area (Å²) in [6, 6.07) is 10.7. The van der Waals surface area contributed by atoms with E-state index in [1.807, 2.05) is 0 Å². The summed E-state index contributed by atoms with van der Waals surface area (Å²) >= 11 is 0. The summed E-state index contributed by atoms with van der Waals surface area (Å²) in [5.74, 6) is 1.01. The first-order valence-corrected chi connectivity index (χ1v) is 7.24. The topological polar surface area (TPSA) is 56.8 Å². The number of carbonyl (C=O) groups is 1. The van der Waals surface area contributed by atoms with Gasteiger partial charge in [-0.3, -0.25) is 4.79 Å². The number of ether oxygens (including phenoxy) is 3. The summed E-state index contributed by atoms with van der Waals surface area (Å²) in [6.45, 7) is 2.62. The monoisotopic (exact) mass is 317 g/mol. The molecule has 1 aliphatic heterocycles.